The second-order valence-electron chi connectivity index (χ2n) is 7.37. The summed E-state index contributed by atoms with van der Waals surface area (Å²) in [6.07, 6.45) is 1.30. The Morgan fingerprint density at radius 3 is 1.42 bits per heavy atom. The molecule has 0 heterocycles. The molecule has 1 heteroatoms. The summed E-state index contributed by atoms with van der Waals surface area (Å²) in [5.74, 6) is 0.919. The molecule has 0 aliphatic heterocycles. The highest BCUT2D eigenvalue weighted by molar-refractivity contribution is 5.87. The minimum atomic E-state index is 0.272. The first-order valence-electron chi connectivity index (χ1n) is 9.27. The predicted molar refractivity (Wildman–Crippen MR) is 108 cm³/mol. The number of benzene rings is 4. The molecule has 0 radical (unpaired) electrons. The Labute approximate surface area is 153 Å². The number of carbonyl (C=O) groups excluding carboxylic acids is 1. The summed E-state index contributed by atoms with van der Waals surface area (Å²) < 4.78 is 0. The van der Waals surface area contributed by atoms with Crippen LogP contribution in [0.5, 0.6) is 0 Å². The van der Waals surface area contributed by atoms with Gasteiger partial charge in [-0.1, -0.05) is 84.9 Å². The van der Waals surface area contributed by atoms with Gasteiger partial charge in [0.05, 0.1) is 0 Å². The van der Waals surface area contributed by atoms with E-state index >= 15 is 0 Å². The molecule has 5 rings (SSSR count). The molecule has 0 aromatic heterocycles. The van der Waals surface area contributed by atoms with Crippen molar-refractivity contribution in [3.63, 3.8) is 0 Å². The molecular weight excluding hydrogens is 316 g/mol. The highest BCUT2D eigenvalue weighted by Gasteiger charge is 2.35. The molecule has 1 aliphatic rings. The molecular formula is C25H20O. The summed E-state index contributed by atoms with van der Waals surface area (Å²) in [5.41, 5.74) is 2.57. The van der Waals surface area contributed by atoms with Crippen LogP contribution in [0.3, 0.4) is 0 Å². The van der Waals surface area contributed by atoms with Crippen LogP contribution >= 0.6 is 0 Å². The number of fused-ring (bicyclic) bond motifs is 2. The fraction of sp³-hybridized carbons (Fsp3) is 0.160. The summed E-state index contributed by atoms with van der Waals surface area (Å²) in [7, 11) is 0. The highest BCUT2D eigenvalue weighted by atomic mass is 16.1. The van der Waals surface area contributed by atoms with Crippen molar-refractivity contribution in [3.8, 4) is 0 Å². The normalized spacial score (nSPS) is 20.1. The maximum absolute atomic E-state index is 12.3. The molecule has 1 saturated carbocycles. The van der Waals surface area contributed by atoms with Gasteiger partial charge in [-0.25, -0.2) is 0 Å². The first-order chi connectivity index (χ1) is 12.8. The molecule has 2 atom stereocenters. The van der Waals surface area contributed by atoms with Crippen LogP contribution in [0.2, 0.25) is 0 Å². The molecule has 126 valence electrons. The summed E-state index contributed by atoms with van der Waals surface area (Å²) >= 11 is 0. The molecule has 1 aliphatic carbocycles. The van der Waals surface area contributed by atoms with Crippen LogP contribution in [0.25, 0.3) is 21.5 Å². The number of carbonyl (C=O) groups is 1. The van der Waals surface area contributed by atoms with Crippen LogP contribution in [-0.4, -0.2) is 5.78 Å². The molecule has 0 amide bonds. The van der Waals surface area contributed by atoms with Crippen molar-refractivity contribution < 1.29 is 4.79 Å². The van der Waals surface area contributed by atoms with Crippen molar-refractivity contribution >= 4 is 27.3 Å². The summed E-state index contributed by atoms with van der Waals surface area (Å²) in [6, 6.07) is 30.2. The van der Waals surface area contributed by atoms with Crippen molar-refractivity contribution in [3.05, 3.63) is 96.1 Å². The molecule has 0 spiro atoms. The van der Waals surface area contributed by atoms with Crippen LogP contribution in [0.4, 0.5) is 0 Å². The van der Waals surface area contributed by atoms with Gasteiger partial charge >= 0.3 is 0 Å². The second-order valence-corrected chi connectivity index (χ2v) is 7.37. The average molecular weight is 336 g/mol. The zero-order chi connectivity index (χ0) is 17.5. The lowest BCUT2D eigenvalue weighted by Gasteiger charge is -2.20. The van der Waals surface area contributed by atoms with E-state index in [1.54, 1.807) is 0 Å². The summed E-state index contributed by atoms with van der Waals surface area (Å²) in [4.78, 5) is 12.3. The Balaban J connectivity index is 1.58. The van der Waals surface area contributed by atoms with Gasteiger partial charge in [-0.15, -0.1) is 0 Å². The van der Waals surface area contributed by atoms with E-state index in [4.69, 9.17) is 0 Å². The van der Waals surface area contributed by atoms with Gasteiger partial charge in [-0.2, -0.15) is 0 Å². The van der Waals surface area contributed by atoms with Crippen LogP contribution < -0.4 is 0 Å². The van der Waals surface area contributed by atoms with Crippen molar-refractivity contribution in [2.45, 2.75) is 24.7 Å². The first-order valence-corrected chi connectivity index (χ1v) is 9.27. The average Bonchev–Trinajstić information content (AvgIpc) is 3.09. The monoisotopic (exact) mass is 336 g/mol. The SMILES string of the molecule is O=C1C[C@@H](c2ccc3ccccc3c2)[C@H](c2ccc3ccccc3c2)C1. The standard InChI is InChI=1S/C25H20O/c26-23-15-24(21-11-9-17-5-1-3-7-19(17)13-21)25(16-23)22-12-10-18-6-2-4-8-20(18)14-22/h1-14,24-25H,15-16H2/t24-,25-/m0/s1. The molecule has 0 saturated heterocycles. The van der Waals surface area contributed by atoms with Crippen LogP contribution in [0.1, 0.15) is 35.8 Å². The zero-order valence-electron chi connectivity index (χ0n) is 14.6. The maximum atomic E-state index is 12.3. The van der Waals surface area contributed by atoms with Gasteiger partial charge in [0.1, 0.15) is 5.78 Å². The number of Topliss-reactive ketones (excluding diaryl/α,β-unsaturated/α-hetero) is 1. The molecule has 0 bridgehead atoms. The van der Waals surface area contributed by atoms with Crippen LogP contribution in [0.15, 0.2) is 84.9 Å². The van der Waals surface area contributed by atoms with Gasteiger partial charge in [0.25, 0.3) is 0 Å². The predicted octanol–water partition coefficient (Wildman–Crippen LogP) is 6.22. The minimum Gasteiger partial charge on any atom is -0.300 e. The van der Waals surface area contributed by atoms with Gasteiger partial charge < -0.3 is 0 Å². The van der Waals surface area contributed by atoms with Gasteiger partial charge in [-0.3, -0.25) is 4.79 Å². The van der Waals surface area contributed by atoms with E-state index in [2.05, 4.69) is 84.9 Å². The molecule has 1 fully saturated rings. The molecule has 1 nitrogen and oxygen atoms in total. The van der Waals surface area contributed by atoms with Gasteiger partial charge in [0.15, 0.2) is 0 Å². The number of ketones is 1. The quantitative estimate of drug-likeness (QED) is 0.424. The van der Waals surface area contributed by atoms with Crippen molar-refractivity contribution in [2.75, 3.05) is 0 Å². The Bertz CT molecular complexity index is 1040. The lowest BCUT2D eigenvalue weighted by molar-refractivity contribution is -0.117. The van der Waals surface area contributed by atoms with E-state index in [1.165, 1.54) is 32.7 Å². The largest absolute Gasteiger partial charge is 0.300 e. The molecule has 4 aromatic carbocycles. The van der Waals surface area contributed by atoms with E-state index in [9.17, 15) is 4.79 Å². The molecule has 26 heavy (non-hydrogen) atoms. The molecule has 0 N–H and O–H groups in total. The highest BCUT2D eigenvalue weighted by Crippen LogP contribution is 2.45. The van der Waals surface area contributed by atoms with Gasteiger partial charge in [-0.05, 0) is 44.5 Å². The van der Waals surface area contributed by atoms with E-state index < -0.39 is 0 Å². The zero-order valence-corrected chi connectivity index (χ0v) is 14.6. The topological polar surface area (TPSA) is 17.1 Å². The Hall–Kier alpha value is -2.93. The fourth-order valence-corrected chi connectivity index (χ4v) is 4.44. The van der Waals surface area contributed by atoms with E-state index in [0.29, 0.717) is 18.6 Å². The minimum absolute atomic E-state index is 0.272. The van der Waals surface area contributed by atoms with Crippen molar-refractivity contribution in [1.29, 1.82) is 0 Å². The Morgan fingerprint density at radius 2 is 0.962 bits per heavy atom. The third kappa shape index (κ3) is 2.61. The number of rotatable bonds is 2. The van der Waals surface area contributed by atoms with Crippen molar-refractivity contribution in [2.24, 2.45) is 0 Å². The Kier molecular flexibility index (Phi) is 3.60. The fourth-order valence-electron chi connectivity index (χ4n) is 4.44. The molecule has 0 unspecified atom stereocenters. The van der Waals surface area contributed by atoms with Gasteiger partial charge in [0.2, 0.25) is 0 Å². The first kappa shape index (κ1) is 15.3. The Morgan fingerprint density at radius 1 is 0.538 bits per heavy atom. The third-order valence-electron chi connectivity index (χ3n) is 5.78. The van der Waals surface area contributed by atoms with Crippen LogP contribution in [-0.2, 0) is 4.79 Å². The van der Waals surface area contributed by atoms with Gasteiger partial charge in [0, 0.05) is 12.8 Å². The van der Waals surface area contributed by atoms with Crippen molar-refractivity contribution in [1.82, 2.24) is 0 Å². The van der Waals surface area contributed by atoms with Crippen LogP contribution in [0, 0.1) is 0 Å². The van der Waals surface area contributed by atoms with E-state index in [0.717, 1.165) is 0 Å². The lowest BCUT2D eigenvalue weighted by atomic mass is 9.83. The smallest absolute Gasteiger partial charge is 0.134 e. The third-order valence-corrected chi connectivity index (χ3v) is 5.78. The number of hydrogen-bond acceptors (Lipinski definition) is 1. The maximum Gasteiger partial charge on any atom is 0.134 e. The van der Waals surface area contributed by atoms with E-state index in [1.807, 2.05) is 0 Å². The summed E-state index contributed by atoms with van der Waals surface area (Å²) in [6.45, 7) is 0. The lowest BCUT2D eigenvalue weighted by Crippen LogP contribution is -2.05. The number of hydrogen-bond donors (Lipinski definition) is 0. The second kappa shape index (κ2) is 6.10. The molecule has 4 aromatic rings. The van der Waals surface area contributed by atoms with E-state index in [-0.39, 0.29) is 11.8 Å². The summed E-state index contributed by atoms with van der Waals surface area (Å²) in [5, 5.41) is 5.01.